The highest BCUT2D eigenvalue weighted by Gasteiger charge is 2.09. The fourth-order valence-electron chi connectivity index (χ4n) is 1.95. The molecule has 23 heavy (non-hydrogen) atoms. The highest BCUT2D eigenvalue weighted by atomic mass is 35.5. The molecule has 0 bridgehead atoms. The van der Waals surface area contributed by atoms with Gasteiger partial charge in [-0.1, -0.05) is 17.7 Å². The number of ether oxygens (including phenoxy) is 2. The van der Waals surface area contributed by atoms with Crippen LogP contribution in [0.3, 0.4) is 0 Å². The maximum absolute atomic E-state index is 12.1. The van der Waals surface area contributed by atoms with Crippen LogP contribution in [0, 0.1) is 6.92 Å². The monoisotopic (exact) mass is 332 g/mol. The summed E-state index contributed by atoms with van der Waals surface area (Å²) in [4.78, 5) is 12.1. The van der Waals surface area contributed by atoms with Crippen molar-refractivity contribution in [1.82, 2.24) is 5.43 Å². The molecule has 0 unspecified atom stereocenters. The van der Waals surface area contributed by atoms with Crippen LogP contribution in [0.4, 0.5) is 0 Å². The van der Waals surface area contributed by atoms with Crippen LogP contribution in [0.2, 0.25) is 5.02 Å². The fourth-order valence-corrected chi connectivity index (χ4v) is 2.27. The van der Waals surface area contributed by atoms with Gasteiger partial charge < -0.3 is 9.47 Å². The Morgan fingerprint density at radius 2 is 1.96 bits per heavy atom. The first-order chi connectivity index (χ1) is 11.0. The Labute approximate surface area is 139 Å². The van der Waals surface area contributed by atoms with Crippen molar-refractivity contribution in [3.8, 4) is 11.5 Å². The van der Waals surface area contributed by atoms with E-state index in [0.717, 1.165) is 5.56 Å². The molecule has 0 heterocycles. The number of methoxy groups -OCH3 is 2. The molecule has 2 aromatic rings. The van der Waals surface area contributed by atoms with E-state index in [4.69, 9.17) is 21.1 Å². The lowest BCUT2D eigenvalue weighted by atomic mass is 10.1. The van der Waals surface area contributed by atoms with E-state index in [0.29, 0.717) is 27.6 Å². The van der Waals surface area contributed by atoms with Gasteiger partial charge in [0.05, 0.1) is 31.0 Å². The third-order valence-electron chi connectivity index (χ3n) is 3.18. The van der Waals surface area contributed by atoms with Gasteiger partial charge in [0.2, 0.25) is 0 Å². The van der Waals surface area contributed by atoms with E-state index < -0.39 is 0 Å². The average molecular weight is 333 g/mol. The number of halogens is 1. The molecule has 2 aromatic carbocycles. The van der Waals surface area contributed by atoms with Crippen molar-refractivity contribution in [3.63, 3.8) is 0 Å². The number of hydrogen-bond donors (Lipinski definition) is 1. The molecule has 0 spiro atoms. The van der Waals surface area contributed by atoms with Gasteiger partial charge in [0.1, 0.15) is 11.5 Å². The number of nitrogens with zero attached hydrogens (tertiary/aromatic N) is 1. The van der Waals surface area contributed by atoms with E-state index in [9.17, 15) is 4.79 Å². The van der Waals surface area contributed by atoms with Crippen molar-refractivity contribution in [2.75, 3.05) is 14.2 Å². The number of hydrazone groups is 1. The summed E-state index contributed by atoms with van der Waals surface area (Å²) in [6.45, 7) is 1.90. The number of hydrogen-bond acceptors (Lipinski definition) is 4. The maximum atomic E-state index is 12.1. The summed E-state index contributed by atoms with van der Waals surface area (Å²) in [7, 11) is 3.13. The molecule has 0 aliphatic rings. The van der Waals surface area contributed by atoms with Crippen LogP contribution in [0.15, 0.2) is 41.5 Å². The molecular weight excluding hydrogens is 316 g/mol. The Morgan fingerprint density at radius 1 is 1.17 bits per heavy atom. The van der Waals surface area contributed by atoms with Crippen molar-refractivity contribution in [2.45, 2.75) is 6.92 Å². The highest BCUT2D eigenvalue weighted by molar-refractivity contribution is 6.33. The molecule has 1 N–H and O–H groups in total. The molecule has 0 atom stereocenters. The molecule has 0 aromatic heterocycles. The van der Waals surface area contributed by atoms with Crippen LogP contribution >= 0.6 is 11.6 Å². The van der Waals surface area contributed by atoms with Crippen LogP contribution in [-0.2, 0) is 0 Å². The summed E-state index contributed by atoms with van der Waals surface area (Å²) in [6, 6.07) is 10.5. The number of rotatable bonds is 5. The van der Waals surface area contributed by atoms with E-state index >= 15 is 0 Å². The minimum Gasteiger partial charge on any atom is -0.497 e. The van der Waals surface area contributed by atoms with Gasteiger partial charge in [0, 0.05) is 11.6 Å². The van der Waals surface area contributed by atoms with Crippen molar-refractivity contribution in [1.29, 1.82) is 0 Å². The van der Waals surface area contributed by atoms with Gasteiger partial charge in [-0.2, -0.15) is 5.10 Å². The summed E-state index contributed by atoms with van der Waals surface area (Å²) in [5.41, 5.74) is 4.51. The molecule has 0 aliphatic heterocycles. The number of benzene rings is 2. The van der Waals surface area contributed by atoms with Gasteiger partial charge in [-0.05, 0) is 36.8 Å². The first kappa shape index (κ1) is 16.8. The lowest BCUT2D eigenvalue weighted by molar-refractivity contribution is 0.0955. The summed E-state index contributed by atoms with van der Waals surface area (Å²) >= 11 is 6.05. The van der Waals surface area contributed by atoms with Crippen molar-refractivity contribution in [2.24, 2.45) is 5.10 Å². The van der Waals surface area contributed by atoms with Crippen molar-refractivity contribution in [3.05, 3.63) is 58.1 Å². The van der Waals surface area contributed by atoms with E-state index in [1.165, 1.54) is 6.21 Å². The second kappa shape index (κ2) is 7.65. The van der Waals surface area contributed by atoms with Crippen LogP contribution in [0.1, 0.15) is 21.5 Å². The molecule has 0 saturated carbocycles. The van der Waals surface area contributed by atoms with Crippen molar-refractivity contribution >= 4 is 23.7 Å². The fraction of sp³-hybridized carbons (Fsp3) is 0.176. The quantitative estimate of drug-likeness (QED) is 0.674. The Morgan fingerprint density at radius 3 is 2.61 bits per heavy atom. The molecule has 6 heteroatoms. The summed E-state index contributed by atoms with van der Waals surface area (Å²) in [6.07, 6.45) is 1.50. The molecule has 1 amide bonds. The third kappa shape index (κ3) is 4.23. The molecule has 120 valence electrons. The molecule has 0 aliphatic carbocycles. The minimum absolute atomic E-state index is 0.371. The largest absolute Gasteiger partial charge is 0.497 e. The predicted molar refractivity (Wildman–Crippen MR) is 90.8 cm³/mol. The smallest absolute Gasteiger partial charge is 0.272 e. The minimum atomic E-state index is -0.376. The van der Waals surface area contributed by atoms with E-state index in [-0.39, 0.29) is 5.91 Å². The van der Waals surface area contributed by atoms with Crippen LogP contribution in [0.25, 0.3) is 0 Å². The van der Waals surface area contributed by atoms with Crippen LogP contribution < -0.4 is 14.9 Å². The van der Waals surface area contributed by atoms with Gasteiger partial charge in [0.25, 0.3) is 5.91 Å². The van der Waals surface area contributed by atoms with Gasteiger partial charge in [-0.15, -0.1) is 0 Å². The summed E-state index contributed by atoms with van der Waals surface area (Å²) < 4.78 is 10.4. The zero-order valence-corrected chi connectivity index (χ0v) is 13.8. The second-order valence-electron chi connectivity index (χ2n) is 4.79. The molecular formula is C17H17ClN2O3. The number of amides is 1. The van der Waals surface area contributed by atoms with E-state index in [2.05, 4.69) is 10.5 Å². The Hall–Kier alpha value is -2.53. The first-order valence-corrected chi connectivity index (χ1v) is 7.24. The van der Waals surface area contributed by atoms with Gasteiger partial charge >= 0.3 is 0 Å². The average Bonchev–Trinajstić information content (AvgIpc) is 2.54. The summed E-state index contributed by atoms with van der Waals surface area (Å²) in [5, 5.41) is 4.33. The standard InChI is InChI=1S/C17H17ClN2O3/c1-11-4-7-14(15(18)8-11)17(21)20-19-10-12-5-6-13(22-2)9-16(12)23-3/h4-10H,1-3H3,(H,20,21)/b19-10+. The molecule has 0 radical (unpaired) electrons. The predicted octanol–water partition coefficient (Wildman–Crippen LogP) is 3.43. The van der Waals surface area contributed by atoms with E-state index in [1.807, 2.05) is 13.0 Å². The van der Waals surface area contributed by atoms with Crippen molar-refractivity contribution < 1.29 is 14.3 Å². The summed E-state index contributed by atoms with van der Waals surface area (Å²) in [5.74, 6) is 0.893. The van der Waals surface area contributed by atoms with Crippen LogP contribution in [-0.4, -0.2) is 26.3 Å². The zero-order chi connectivity index (χ0) is 16.8. The Kier molecular flexibility index (Phi) is 5.60. The number of carbonyl (C=O) groups excluding carboxylic acids is 1. The normalized spacial score (nSPS) is 10.6. The van der Waals surface area contributed by atoms with Gasteiger partial charge in [0.15, 0.2) is 0 Å². The topological polar surface area (TPSA) is 59.9 Å². The Bertz CT molecular complexity index is 745. The molecule has 0 saturated heterocycles. The van der Waals surface area contributed by atoms with E-state index in [1.54, 1.807) is 44.6 Å². The molecule has 0 fully saturated rings. The second-order valence-corrected chi connectivity index (χ2v) is 5.20. The Balaban J connectivity index is 2.11. The highest BCUT2D eigenvalue weighted by Crippen LogP contribution is 2.23. The third-order valence-corrected chi connectivity index (χ3v) is 3.49. The zero-order valence-electron chi connectivity index (χ0n) is 13.1. The van der Waals surface area contributed by atoms with Gasteiger partial charge in [-0.25, -0.2) is 5.43 Å². The number of nitrogens with one attached hydrogen (secondary N) is 1. The molecule has 5 nitrogen and oxygen atoms in total. The maximum Gasteiger partial charge on any atom is 0.272 e. The molecule has 2 rings (SSSR count). The SMILES string of the molecule is COc1ccc(/C=N/NC(=O)c2ccc(C)cc2Cl)c(OC)c1. The first-order valence-electron chi connectivity index (χ1n) is 6.86. The number of aryl methyl sites for hydroxylation is 1. The number of carbonyl (C=O) groups is 1. The van der Waals surface area contributed by atoms with Crippen LogP contribution in [0.5, 0.6) is 11.5 Å². The lowest BCUT2D eigenvalue weighted by Crippen LogP contribution is -2.18. The van der Waals surface area contributed by atoms with Gasteiger partial charge in [-0.3, -0.25) is 4.79 Å². The lowest BCUT2D eigenvalue weighted by Gasteiger charge is -2.07.